The Morgan fingerprint density at radius 3 is 2.65 bits per heavy atom. The van der Waals surface area contributed by atoms with Crippen LogP contribution in [0.4, 0.5) is 5.69 Å². The number of halogens is 1. The second-order valence-electron chi connectivity index (χ2n) is 5.16. The van der Waals surface area contributed by atoms with Gasteiger partial charge in [0.25, 0.3) is 5.56 Å². The van der Waals surface area contributed by atoms with Gasteiger partial charge in [0.1, 0.15) is 14.9 Å². The number of rotatable bonds is 7. The van der Waals surface area contributed by atoms with Crippen molar-refractivity contribution in [2.45, 2.75) is 26.8 Å². The lowest BCUT2D eigenvalue weighted by molar-refractivity contribution is 0.464. The highest BCUT2D eigenvalue weighted by Crippen LogP contribution is 2.15. The van der Waals surface area contributed by atoms with Gasteiger partial charge in [-0.25, -0.2) is 13.1 Å². The molecule has 0 fully saturated rings. The lowest BCUT2D eigenvalue weighted by Gasteiger charge is -2.11. The average molecular weight is 322 g/mol. The monoisotopic (exact) mass is 321 g/mol. The maximum atomic E-state index is 11.9. The van der Waals surface area contributed by atoms with E-state index in [1.807, 2.05) is 13.8 Å². The molecule has 0 aromatic carbocycles. The zero-order valence-electron chi connectivity index (χ0n) is 11.9. The van der Waals surface area contributed by atoms with Crippen LogP contribution in [-0.2, 0) is 16.4 Å². The molecule has 1 heterocycles. The summed E-state index contributed by atoms with van der Waals surface area (Å²) in [6, 6.07) is 0. The molecule has 0 saturated carbocycles. The Hall–Kier alpha value is -1.08. The third-order valence-electron chi connectivity index (χ3n) is 2.53. The molecule has 0 saturated heterocycles. The summed E-state index contributed by atoms with van der Waals surface area (Å²) in [5.41, 5.74) is 0.0960. The summed E-state index contributed by atoms with van der Waals surface area (Å²) >= 11 is 6.00. The molecule has 0 spiro atoms. The van der Waals surface area contributed by atoms with Gasteiger partial charge in [-0.3, -0.25) is 4.79 Å². The Kier molecular flexibility index (Phi) is 6.01. The van der Waals surface area contributed by atoms with Crippen molar-refractivity contribution in [3.63, 3.8) is 0 Å². The van der Waals surface area contributed by atoms with Crippen LogP contribution in [-0.4, -0.2) is 36.8 Å². The van der Waals surface area contributed by atoms with E-state index in [-0.39, 0.29) is 16.3 Å². The van der Waals surface area contributed by atoms with Crippen LogP contribution < -0.4 is 10.9 Å². The first-order valence-corrected chi connectivity index (χ1v) is 8.82. The van der Waals surface area contributed by atoms with Crippen molar-refractivity contribution in [2.75, 3.05) is 23.9 Å². The summed E-state index contributed by atoms with van der Waals surface area (Å²) in [5, 5.41) is 7.06. The van der Waals surface area contributed by atoms with Crippen LogP contribution in [0.2, 0.25) is 5.02 Å². The van der Waals surface area contributed by atoms with Gasteiger partial charge in [0.2, 0.25) is 0 Å². The van der Waals surface area contributed by atoms with E-state index >= 15 is 0 Å². The summed E-state index contributed by atoms with van der Waals surface area (Å²) in [7, 11) is -2.97. The molecule has 0 aliphatic rings. The van der Waals surface area contributed by atoms with Gasteiger partial charge in [0, 0.05) is 19.3 Å². The van der Waals surface area contributed by atoms with Crippen molar-refractivity contribution >= 4 is 27.1 Å². The van der Waals surface area contributed by atoms with Crippen LogP contribution in [0.3, 0.4) is 0 Å². The van der Waals surface area contributed by atoms with Crippen LogP contribution in [0.15, 0.2) is 11.0 Å². The number of aromatic nitrogens is 2. The smallest absolute Gasteiger partial charge is 0.287 e. The quantitative estimate of drug-likeness (QED) is 0.768. The molecule has 114 valence electrons. The average Bonchev–Trinajstić information content (AvgIpc) is 2.31. The predicted octanol–water partition coefficient (Wildman–Crippen LogP) is 1.40. The fraction of sp³-hybridized carbons (Fsp3) is 0.667. The second kappa shape index (κ2) is 7.08. The van der Waals surface area contributed by atoms with Gasteiger partial charge in [0.15, 0.2) is 0 Å². The molecule has 0 radical (unpaired) electrons. The fourth-order valence-corrected chi connectivity index (χ4v) is 2.50. The summed E-state index contributed by atoms with van der Waals surface area (Å²) in [6.07, 6.45) is 3.13. The SMILES string of the molecule is CC(C)Cn1ncc(NCCCS(C)(=O)=O)c(Cl)c1=O. The number of hydrogen-bond acceptors (Lipinski definition) is 5. The summed E-state index contributed by atoms with van der Waals surface area (Å²) in [5.74, 6) is 0.389. The molecular formula is C12H20ClN3O3S. The van der Waals surface area contributed by atoms with Crippen LogP contribution in [0.1, 0.15) is 20.3 Å². The lowest BCUT2D eigenvalue weighted by atomic mass is 10.2. The first kappa shape index (κ1) is 17.0. The van der Waals surface area contributed by atoms with Crippen molar-refractivity contribution in [1.82, 2.24) is 9.78 Å². The molecule has 0 aliphatic heterocycles. The molecule has 0 unspecified atom stereocenters. The zero-order valence-corrected chi connectivity index (χ0v) is 13.5. The minimum Gasteiger partial charge on any atom is -0.382 e. The molecule has 20 heavy (non-hydrogen) atoms. The van der Waals surface area contributed by atoms with E-state index in [1.165, 1.54) is 17.1 Å². The molecule has 0 aliphatic carbocycles. The summed E-state index contributed by atoms with van der Waals surface area (Å²) < 4.78 is 23.3. The van der Waals surface area contributed by atoms with Gasteiger partial charge in [-0.15, -0.1) is 0 Å². The van der Waals surface area contributed by atoms with Crippen LogP contribution in [0.5, 0.6) is 0 Å². The molecule has 1 N–H and O–H groups in total. The van der Waals surface area contributed by atoms with Crippen molar-refractivity contribution in [3.05, 3.63) is 21.6 Å². The molecule has 6 nitrogen and oxygen atoms in total. The Morgan fingerprint density at radius 2 is 2.10 bits per heavy atom. The van der Waals surface area contributed by atoms with Crippen molar-refractivity contribution in [2.24, 2.45) is 5.92 Å². The molecule has 0 bridgehead atoms. The van der Waals surface area contributed by atoms with Crippen molar-refractivity contribution < 1.29 is 8.42 Å². The first-order chi connectivity index (χ1) is 9.20. The van der Waals surface area contributed by atoms with Crippen LogP contribution in [0, 0.1) is 5.92 Å². The number of nitrogens with zero attached hydrogens (tertiary/aromatic N) is 2. The summed E-state index contributed by atoms with van der Waals surface area (Å²) in [4.78, 5) is 11.9. The number of sulfone groups is 1. The molecule has 1 rings (SSSR count). The Labute approximate surface area is 124 Å². The largest absolute Gasteiger partial charge is 0.382 e. The normalized spacial score (nSPS) is 11.8. The van der Waals surface area contributed by atoms with E-state index in [2.05, 4.69) is 10.4 Å². The molecule has 1 aromatic rings. The maximum Gasteiger partial charge on any atom is 0.287 e. The van der Waals surface area contributed by atoms with Crippen molar-refractivity contribution in [3.8, 4) is 0 Å². The first-order valence-electron chi connectivity index (χ1n) is 6.38. The maximum absolute atomic E-state index is 11.9. The highest BCUT2D eigenvalue weighted by Gasteiger charge is 2.10. The molecule has 0 amide bonds. The van der Waals surface area contributed by atoms with Gasteiger partial charge < -0.3 is 5.32 Å². The minimum absolute atomic E-state index is 0.0833. The highest BCUT2D eigenvalue weighted by molar-refractivity contribution is 7.90. The van der Waals surface area contributed by atoms with E-state index in [4.69, 9.17) is 11.6 Å². The molecule has 8 heteroatoms. The van der Waals surface area contributed by atoms with Crippen molar-refractivity contribution in [1.29, 1.82) is 0 Å². The Bertz CT molecular complexity index is 611. The van der Waals surface area contributed by atoms with Crippen LogP contribution >= 0.6 is 11.6 Å². The van der Waals surface area contributed by atoms with E-state index in [1.54, 1.807) is 0 Å². The second-order valence-corrected chi connectivity index (χ2v) is 7.80. The summed E-state index contributed by atoms with van der Waals surface area (Å²) in [6.45, 7) is 4.90. The highest BCUT2D eigenvalue weighted by atomic mass is 35.5. The van der Waals surface area contributed by atoms with Gasteiger partial charge >= 0.3 is 0 Å². The standard InChI is InChI=1S/C12H20ClN3O3S/c1-9(2)8-16-12(17)11(13)10(7-15-16)14-5-4-6-20(3,18)19/h7,9,14H,4-6,8H2,1-3H3. The minimum atomic E-state index is -2.97. The van der Waals surface area contributed by atoms with Gasteiger partial charge in [-0.1, -0.05) is 25.4 Å². The topological polar surface area (TPSA) is 81.1 Å². The third-order valence-corrected chi connectivity index (χ3v) is 3.93. The number of anilines is 1. The van der Waals surface area contributed by atoms with E-state index in [0.717, 1.165) is 0 Å². The predicted molar refractivity (Wildman–Crippen MR) is 81.2 cm³/mol. The van der Waals surface area contributed by atoms with E-state index in [0.29, 0.717) is 31.1 Å². The Balaban J connectivity index is 2.69. The zero-order chi connectivity index (χ0) is 15.3. The fourth-order valence-electron chi connectivity index (χ4n) is 1.62. The molecular weight excluding hydrogens is 302 g/mol. The number of hydrogen-bond donors (Lipinski definition) is 1. The van der Waals surface area contributed by atoms with E-state index < -0.39 is 9.84 Å². The third kappa shape index (κ3) is 5.50. The lowest BCUT2D eigenvalue weighted by Crippen LogP contribution is -2.26. The number of nitrogens with one attached hydrogen (secondary N) is 1. The van der Waals surface area contributed by atoms with Gasteiger partial charge in [-0.2, -0.15) is 5.10 Å². The van der Waals surface area contributed by atoms with Gasteiger partial charge in [0.05, 0.1) is 17.6 Å². The molecule has 1 aromatic heterocycles. The van der Waals surface area contributed by atoms with Gasteiger partial charge in [-0.05, 0) is 12.3 Å². The van der Waals surface area contributed by atoms with Crippen LogP contribution in [0.25, 0.3) is 0 Å². The Morgan fingerprint density at radius 1 is 1.45 bits per heavy atom. The van der Waals surface area contributed by atoms with E-state index in [9.17, 15) is 13.2 Å². The molecule has 0 atom stereocenters.